The van der Waals surface area contributed by atoms with Crippen LogP contribution in [0.15, 0.2) is 30.6 Å². The number of hydrogen-bond acceptors (Lipinski definition) is 6. The first kappa shape index (κ1) is 13.7. The van der Waals surface area contributed by atoms with E-state index >= 15 is 0 Å². The molecule has 122 valence electrons. The summed E-state index contributed by atoms with van der Waals surface area (Å²) in [5, 5.41) is 8.42. The molecule has 0 unspecified atom stereocenters. The number of hydrogen-bond donors (Lipinski definition) is 1. The van der Waals surface area contributed by atoms with Gasteiger partial charge in [-0.3, -0.25) is 5.10 Å². The van der Waals surface area contributed by atoms with E-state index in [1.807, 2.05) is 18.3 Å². The summed E-state index contributed by atoms with van der Waals surface area (Å²) in [7, 11) is 1.62. The minimum absolute atomic E-state index is 0.343. The Morgan fingerprint density at radius 3 is 3.00 bits per heavy atom. The number of nitrogens with one attached hydrogen (secondary N) is 1. The molecule has 7 heteroatoms. The molecule has 0 spiro atoms. The third-order valence-electron chi connectivity index (χ3n) is 4.85. The highest BCUT2D eigenvalue weighted by Gasteiger charge is 2.39. The lowest BCUT2D eigenvalue weighted by Gasteiger charge is -2.28. The summed E-state index contributed by atoms with van der Waals surface area (Å²) in [4.78, 5) is 11.2. The van der Waals surface area contributed by atoms with Crippen molar-refractivity contribution >= 4 is 16.7 Å². The van der Waals surface area contributed by atoms with Crippen molar-refractivity contribution in [3.8, 4) is 17.1 Å². The fourth-order valence-electron chi connectivity index (χ4n) is 3.70. The van der Waals surface area contributed by atoms with E-state index in [0.29, 0.717) is 18.0 Å². The average molecular weight is 323 g/mol. The number of methoxy groups -OCH3 is 1. The average Bonchev–Trinajstić information content (AvgIpc) is 3.36. The van der Waals surface area contributed by atoms with Crippen LogP contribution in [-0.4, -0.2) is 52.6 Å². The lowest BCUT2D eigenvalue weighted by molar-refractivity contribution is 0.0989. The van der Waals surface area contributed by atoms with Gasteiger partial charge in [-0.05, 0) is 24.6 Å². The van der Waals surface area contributed by atoms with Gasteiger partial charge in [0.05, 0.1) is 36.8 Å². The van der Waals surface area contributed by atoms with Crippen LogP contribution in [0.3, 0.4) is 0 Å². The molecule has 5 heterocycles. The minimum Gasteiger partial charge on any atom is -0.480 e. The molecule has 0 radical (unpaired) electrons. The Balaban J connectivity index is 1.59. The Bertz CT molecular complexity index is 909. The second-order valence-electron chi connectivity index (χ2n) is 6.21. The minimum atomic E-state index is 0.343. The molecule has 1 N–H and O–H groups in total. The van der Waals surface area contributed by atoms with Crippen molar-refractivity contribution in [2.24, 2.45) is 0 Å². The summed E-state index contributed by atoms with van der Waals surface area (Å²) in [6.07, 6.45) is 4.98. The van der Waals surface area contributed by atoms with E-state index in [2.05, 4.69) is 31.1 Å². The van der Waals surface area contributed by atoms with Gasteiger partial charge in [-0.15, -0.1) is 0 Å². The molecule has 0 saturated carbocycles. The zero-order valence-corrected chi connectivity index (χ0v) is 13.3. The Hall–Kier alpha value is -2.67. The van der Waals surface area contributed by atoms with Crippen molar-refractivity contribution in [1.29, 1.82) is 0 Å². The van der Waals surface area contributed by atoms with Crippen LogP contribution in [0, 0.1) is 0 Å². The standard InChI is InChI=1S/C17H17N5O2/c1-23-17-15-13(3-5-19-17)20-21-16(15)10-2-4-18-14(6-10)22-8-12-7-11(22)9-24-12/h2-6,11-12H,7-9H2,1H3,(H,20,21)/t11-,12-/m0/s1. The van der Waals surface area contributed by atoms with Crippen LogP contribution in [0.5, 0.6) is 5.88 Å². The summed E-state index contributed by atoms with van der Waals surface area (Å²) < 4.78 is 11.1. The number of nitrogens with zero attached hydrogens (tertiary/aromatic N) is 4. The van der Waals surface area contributed by atoms with Crippen LogP contribution in [-0.2, 0) is 4.74 Å². The molecule has 2 bridgehead atoms. The van der Waals surface area contributed by atoms with E-state index in [9.17, 15) is 0 Å². The largest absolute Gasteiger partial charge is 0.480 e. The fraction of sp³-hybridized carbons (Fsp3) is 0.353. The van der Waals surface area contributed by atoms with E-state index in [0.717, 1.165) is 47.6 Å². The highest BCUT2D eigenvalue weighted by molar-refractivity contribution is 5.96. The fourth-order valence-corrected chi connectivity index (χ4v) is 3.70. The number of H-pyrrole nitrogens is 1. The van der Waals surface area contributed by atoms with E-state index in [4.69, 9.17) is 9.47 Å². The van der Waals surface area contributed by atoms with Crippen molar-refractivity contribution in [3.05, 3.63) is 30.6 Å². The number of aromatic nitrogens is 4. The molecule has 0 aromatic carbocycles. The quantitative estimate of drug-likeness (QED) is 0.794. The van der Waals surface area contributed by atoms with Gasteiger partial charge in [0.2, 0.25) is 5.88 Å². The predicted octanol–water partition coefficient (Wildman–Crippen LogP) is 2.01. The van der Waals surface area contributed by atoms with E-state index in [1.165, 1.54) is 0 Å². The Labute approximate surface area is 138 Å². The van der Waals surface area contributed by atoms with Crippen LogP contribution in [0.1, 0.15) is 6.42 Å². The normalized spacial score (nSPS) is 22.5. The second-order valence-corrected chi connectivity index (χ2v) is 6.21. The zero-order chi connectivity index (χ0) is 16.1. The molecular formula is C17H17N5O2. The lowest BCUT2D eigenvalue weighted by atomic mass is 10.1. The molecule has 7 nitrogen and oxygen atoms in total. The van der Waals surface area contributed by atoms with Crippen LogP contribution in [0.2, 0.25) is 0 Å². The number of rotatable bonds is 3. The van der Waals surface area contributed by atoms with E-state index < -0.39 is 0 Å². The second kappa shape index (κ2) is 5.17. The van der Waals surface area contributed by atoms with Crippen molar-refractivity contribution in [2.45, 2.75) is 18.6 Å². The third-order valence-corrected chi connectivity index (χ3v) is 4.85. The first-order chi connectivity index (χ1) is 11.8. The molecule has 2 fully saturated rings. The summed E-state index contributed by atoms with van der Waals surface area (Å²) in [5.41, 5.74) is 2.74. The maximum absolute atomic E-state index is 5.68. The maximum atomic E-state index is 5.68. The van der Waals surface area contributed by atoms with Crippen LogP contribution < -0.4 is 9.64 Å². The molecule has 24 heavy (non-hydrogen) atoms. The highest BCUT2D eigenvalue weighted by atomic mass is 16.5. The monoisotopic (exact) mass is 323 g/mol. The van der Waals surface area contributed by atoms with Gasteiger partial charge in [0.15, 0.2) is 0 Å². The molecule has 2 aliphatic rings. The molecule has 0 amide bonds. The predicted molar refractivity (Wildman–Crippen MR) is 89.2 cm³/mol. The molecule has 2 saturated heterocycles. The molecule has 0 aliphatic carbocycles. The Morgan fingerprint density at radius 1 is 1.29 bits per heavy atom. The van der Waals surface area contributed by atoms with Gasteiger partial charge in [-0.2, -0.15) is 5.10 Å². The van der Waals surface area contributed by atoms with Gasteiger partial charge in [-0.25, -0.2) is 9.97 Å². The Morgan fingerprint density at radius 2 is 2.21 bits per heavy atom. The van der Waals surface area contributed by atoms with Gasteiger partial charge in [-0.1, -0.05) is 0 Å². The number of aromatic amines is 1. The molecule has 3 aromatic heterocycles. The molecule has 2 aliphatic heterocycles. The van der Waals surface area contributed by atoms with Crippen molar-refractivity contribution < 1.29 is 9.47 Å². The van der Waals surface area contributed by atoms with Crippen molar-refractivity contribution in [3.63, 3.8) is 0 Å². The van der Waals surface area contributed by atoms with Gasteiger partial charge in [0, 0.05) is 24.5 Å². The van der Waals surface area contributed by atoms with E-state index in [1.54, 1.807) is 13.3 Å². The summed E-state index contributed by atoms with van der Waals surface area (Å²) in [6, 6.07) is 6.39. The number of anilines is 1. The summed E-state index contributed by atoms with van der Waals surface area (Å²) in [5.74, 6) is 1.55. The number of ether oxygens (including phenoxy) is 2. The topological polar surface area (TPSA) is 76.2 Å². The summed E-state index contributed by atoms with van der Waals surface area (Å²) in [6.45, 7) is 1.70. The van der Waals surface area contributed by atoms with Gasteiger partial charge < -0.3 is 14.4 Å². The van der Waals surface area contributed by atoms with Crippen molar-refractivity contribution in [1.82, 2.24) is 20.2 Å². The smallest absolute Gasteiger partial charge is 0.224 e. The van der Waals surface area contributed by atoms with Gasteiger partial charge >= 0.3 is 0 Å². The van der Waals surface area contributed by atoms with Crippen LogP contribution in [0.4, 0.5) is 5.82 Å². The number of fused-ring (bicyclic) bond motifs is 3. The Kier molecular flexibility index (Phi) is 2.96. The summed E-state index contributed by atoms with van der Waals surface area (Å²) >= 11 is 0. The highest BCUT2D eigenvalue weighted by Crippen LogP contribution is 2.35. The van der Waals surface area contributed by atoms with E-state index in [-0.39, 0.29) is 0 Å². The molecule has 2 atom stereocenters. The lowest BCUT2D eigenvalue weighted by Crippen LogP contribution is -2.37. The maximum Gasteiger partial charge on any atom is 0.224 e. The van der Waals surface area contributed by atoms with Crippen LogP contribution >= 0.6 is 0 Å². The SMILES string of the molecule is COc1nccc2[nH]nc(-c3ccnc(N4C[C@@H]5C[C@H]4CO5)c3)c12. The first-order valence-electron chi connectivity index (χ1n) is 8.05. The third kappa shape index (κ3) is 1.98. The van der Waals surface area contributed by atoms with Crippen LogP contribution in [0.25, 0.3) is 22.2 Å². The molecular weight excluding hydrogens is 306 g/mol. The van der Waals surface area contributed by atoms with Crippen molar-refractivity contribution in [2.75, 3.05) is 25.2 Å². The van der Waals surface area contributed by atoms with Gasteiger partial charge in [0.1, 0.15) is 11.5 Å². The number of pyridine rings is 2. The molecule has 3 aromatic rings. The van der Waals surface area contributed by atoms with Gasteiger partial charge in [0.25, 0.3) is 0 Å². The number of morpholine rings is 1. The molecule has 5 rings (SSSR count). The first-order valence-corrected chi connectivity index (χ1v) is 8.05. The zero-order valence-electron chi connectivity index (χ0n) is 13.3.